The minimum absolute atomic E-state index is 0.381. The van der Waals surface area contributed by atoms with Crippen LogP contribution < -0.4 is 16.7 Å². The van der Waals surface area contributed by atoms with E-state index >= 15 is 0 Å². The first-order chi connectivity index (χ1) is 5.59. The normalized spacial score (nSPS) is 12.5. The van der Waals surface area contributed by atoms with Crippen LogP contribution in [0.3, 0.4) is 0 Å². The lowest BCUT2D eigenvalue weighted by Gasteiger charge is -2.08. The van der Waals surface area contributed by atoms with E-state index in [4.69, 9.17) is 11.6 Å². The number of nitrogens with one attached hydrogen (secondary N) is 2. The molecule has 0 bridgehead atoms. The zero-order chi connectivity index (χ0) is 9.14. The first-order valence-electron chi connectivity index (χ1n) is 3.32. The standard InChI is InChI=1S/C6H8ClN3O2/c1-4(7)9-10-3-2-5(11)8-6(10)12/h2-4,9H,1H3,(H,8,11,12)/t4-/m1/s1. The second kappa shape index (κ2) is 3.44. The largest absolute Gasteiger partial charge is 0.346 e. The molecule has 1 heterocycles. The Hall–Kier alpha value is -1.23. The van der Waals surface area contributed by atoms with Gasteiger partial charge in [0.05, 0.1) is 0 Å². The van der Waals surface area contributed by atoms with E-state index in [1.807, 2.05) is 0 Å². The SMILES string of the molecule is C[C@H](Cl)Nn1ccc(=O)[nH]c1=O. The van der Waals surface area contributed by atoms with E-state index in [9.17, 15) is 9.59 Å². The summed E-state index contributed by atoms with van der Waals surface area (Å²) in [6.45, 7) is 1.67. The van der Waals surface area contributed by atoms with Gasteiger partial charge in [0.15, 0.2) is 0 Å². The molecule has 12 heavy (non-hydrogen) atoms. The molecule has 0 aromatic carbocycles. The van der Waals surface area contributed by atoms with Crippen LogP contribution in [0.1, 0.15) is 6.92 Å². The van der Waals surface area contributed by atoms with Crippen LogP contribution in [0.4, 0.5) is 0 Å². The Bertz CT molecular complexity index is 368. The van der Waals surface area contributed by atoms with Gasteiger partial charge in [-0.25, -0.2) is 9.47 Å². The molecule has 66 valence electrons. The van der Waals surface area contributed by atoms with Crippen LogP contribution in [-0.2, 0) is 0 Å². The van der Waals surface area contributed by atoms with Crippen LogP contribution >= 0.6 is 11.6 Å². The molecular weight excluding hydrogens is 182 g/mol. The maximum atomic E-state index is 11.0. The molecule has 1 aromatic heterocycles. The molecule has 0 unspecified atom stereocenters. The lowest BCUT2D eigenvalue weighted by atomic mass is 10.6. The van der Waals surface area contributed by atoms with Gasteiger partial charge in [0.2, 0.25) is 0 Å². The van der Waals surface area contributed by atoms with Crippen molar-refractivity contribution in [2.24, 2.45) is 0 Å². The van der Waals surface area contributed by atoms with E-state index in [0.717, 1.165) is 4.68 Å². The molecule has 0 aliphatic heterocycles. The summed E-state index contributed by atoms with van der Waals surface area (Å²) in [4.78, 5) is 23.6. The molecule has 1 atom stereocenters. The van der Waals surface area contributed by atoms with E-state index in [1.165, 1.54) is 12.3 Å². The van der Waals surface area contributed by atoms with Gasteiger partial charge < -0.3 is 5.43 Å². The Balaban J connectivity index is 3.02. The van der Waals surface area contributed by atoms with Crippen molar-refractivity contribution < 1.29 is 0 Å². The maximum Gasteiger partial charge on any atom is 0.346 e. The molecule has 0 saturated carbocycles. The number of hydrogen-bond acceptors (Lipinski definition) is 3. The summed E-state index contributed by atoms with van der Waals surface area (Å²) in [5.41, 5.74) is 1.26. The lowest BCUT2D eigenvalue weighted by molar-refractivity contribution is 0.753. The number of rotatable bonds is 2. The number of nitrogens with zero attached hydrogens (tertiary/aromatic N) is 1. The molecule has 0 fully saturated rings. The molecule has 0 spiro atoms. The molecule has 2 N–H and O–H groups in total. The van der Waals surface area contributed by atoms with Crippen LogP contribution in [0.15, 0.2) is 21.9 Å². The second-order valence-electron chi connectivity index (χ2n) is 2.23. The molecule has 5 nitrogen and oxygen atoms in total. The Morgan fingerprint density at radius 1 is 1.67 bits per heavy atom. The van der Waals surface area contributed by atoms with Crippen LogP contribution in [0.2, 0.25) is 0 Å². The van der Waals surface area contributed by atoms with E-state index < -0.39 is 11.2 Å². The zero-order valence-corrected chi connectivity index (χ0v) is 7.13. The highest BCUT2D eigenvalue weighted by Gasteiger charge is 1.97. The molecule has 0 aliphatic rings. The topological polar surface area (TPSA) is 66.9 Å². The van der Waals surface area contributed by atoms with Gasteiger partial charge in [0.25, 0.3) is 5.56 Å². The lowest BCUT2D eigenvalue weighted by Crippen LogP contribution is -2.36. The van der Waals surface area contributed by atoms with Gasteiger partial charge in [0, 0.05) is 12.3 Å². The second-order valence-corrected chi connectivity index (χ2v) is 2.88. The zero-order valence-electron chi connectivity index (χ0n) is 6.37. The average Bonchev–Trinajstić information content (AvgIpc) is 1.94. The van der Waals surface area contributed by atoms with Gasteiger partial charge in [0.1, 0.15) is 5.50 Å². The predicted molar refractivity (Wildman–Crippen MR) is 46.0 cm³/mol. The number of hydrogen-bond donors (Lipinski definition) is 2. The summed E-state index contributed by atoms with van der Waals surface area (Å²) >= 11 is 5.56. The quantitative estimate of drug-likeness (QED) is 0.494. The van der Waals surface area contributed by atoms with Crippen molar-refractivity contribution in [3.63, 3.8) is 0 Å². The fraction of sp³-hybridized carbons (Fsp3) is 0.333. The minimum atomic E-state index is -0.532. The molecule has 1 aromatic rings. The molecule has 1 rings (SSSR count). The van der Waals surface area contributed by atoms with E-state index in [2.05, 4.69) is 10.4 Å². The smallest absolute Gasteiger partial charge is 0.304 e. The third kappa shape index (κ3) is 2.13. The van der Waals surface area contributed by atoms with Crippen molar-refractivity contribution in [3.8, 4) is 0 Å². The van der Waals surface area contributed by atoms with Crippen LogP contribution in [0, 0.1) is 0 Å². The maximum absolute atomic E-state index is 11.0. The first-order valence-corrected chi connectivity index (χ1v) is 3.76. The summed E-state index contributed by atoms with van der Waals surface area (Å²) in [7, 11) is 0. The Morgan fingerprint density at radius 3 is 2.83 bits per heavy atom. The fourth-order valence-corrected chi connectivity index (χ4v) is 0.816. The average molecular weight is 190 g/mol. The monoisotopic (exact) mass is 189 g/mol. The number of alkyl halides is 1. The minimum Gasteiger partial charge on any atom is -0.304 e. The molecule has 0 aliphatic carbocycles. The first kappa shape index (κ1) is 8.86. The van der Waals surface area contributed by atoms with Crippen molar-refractivity contribution in [3.05, 3.63) is 33.1 Å². The highest BCUT2D eigenvalue weighted by Crippen LogP contribution is 1.87. The molecule has 6 heteroatoms. The highest BCUT2D eigenvalue weighted by atomic mass is 35.5. The van der Waals surface area contributed by atoms with Gasteiger partial charge in [-0.05, 0) is 6.92 Å². The fourth-order valence-electron chi connectivity index (χ4n) is 0.711. The van der Waals surface area contributed by atoms with Gasteiger partial charge >= 0.3 is 5.69 Å². The van der Waals surface area contributed by atoms with Gasteiger partial charge in [-0.15, -0.1) is 0 Å². The van der Waals surface area contributed by atoms with Crippen molar-refractivity contribution >= 4 is 11.6 Å². The number of aromatic nitrogens is 2. The van der Waals surface area contributed by atoms with Crippen molar-refractivity contribution in [2.45, 2.75) is 12.4 Å². The number of halogens is 1. The van der Waals surface area contributed by atoms with Crippen LogP contribution in [0.25, 0.3) is 0 Å². The predicted octanol–water partition coefficient (Wildman–Crippen LogP) is -0.335. The van der Waals surface area contributed by atoms with E-state index in [0.29, 0.717) is 0 Å². The Kier molecular flexibility index (Phi) is 2.54. The Labute approximate surface area is 73.0 Å². The Morgan fingerprint density at radius 2 is 2.33 bits per heavy atom. The molecule has 0 saturated heterocycles. The number of aromatic amines is 1. The van der Waals surface area contributed by atoms with E-state index in [-0.39, 0.29) is 5.50 Å². The summed E-state index contributed by atoms with van der Waals surface area (Å²) in [6, 6.07) is 1.23. The van der Waals surface area contributed by atoms with E-state index in [1.54, 1.807) is 6.92 Å². The van der Waals surface area contributed by atoms with Crippen molar-refractivity contribution in [1.29, 1.82) is 0 Å². The van der Waals surface area contributed by atoms with Crippen molar-refractivity contribution in [2.75, 3.05) is 5.43 Å². The molecule has 0 amide bonds. The van der Waals surface area contributed by atoms with Gasteiger partial charge in [-0.2, -0.15) is 0 Å². The van der Waals surface area contributed by atoms with Gasteiger partial charge in [-0.1, -0.05) is 11.6 Å². The van der Waals surface area contributed by atoms with Gasteiger partial charge in [-0.3, -0.25) is 9.78 Å². The van der Waals surface area contributed by atoms with Crippen LogP contribution in [0.5, 0.6) is 0 Å². The van der Waals surface area contributed by atoms with Crippen molar-refractivity contribution in [1.82, 2.24) is 9.66 Å². The third-order valence-electron chi connectivity index (χ3n) is 1.14. The summed E-state index contributed by atoms with van der Waals surface area (Å²) in [5.74, 6) is 0. The summed E-state index contributed by atoms with van der Waals surface area (Å²) in [6.07, 6.45) is 1.32. The third-order valence-corrected chi connectivity index (χ3v) is 1.24. The summed E-state index contributed by atoms with van der Waals surface area (Å²) < 4.78 is 1.11. The van der Waals surface area contributed by atoms with Crippen LogP contribution in [-0.4, -0.2) is 15.2 Å². The molecule has 0 radical (unpaired) electrons. The number of H-pyrrole nitrogens is 1. The highest BCUT2D eigenvalue weighted by molar-refractivity contribution is 6.20. The summed E-state index contributed by atoms with van der Waals surface area (Å²) in [5, 5.41) is 0. The molecular formula is C6H8ClN3O2.